The van der Waals surface area contributed by atoms with E-state index < -0.39 is 5.41 Å². The van der Waals surface area contributed by atoms with Crippen molar-refractivity contribution in [2.75, 3.05) is 5.32 Å². The Hall–Kier alpha value is -8.46. The SMILES string of the molecule is CC1(c2cccc(-c3ccc4c(c3)c3c5c(ccc3n4-c3cccc4ccccc34)C(c3ccccc3)(c3ccccc3)c3ccccc3-5)c2)CC=CC=C1Nc1cccc(-c2ccccc2)c1. The van der Waals surface area contributed by atoms with Crippen LogP contribution in [0.25, 0.3) is 71.6 Å². The second-order valence-corrected chi connectivity index (χ2v) is 18.7. The first-order valence-electron chi connectivity index (χ1n) is 23.8. The Morgan fingerprint density at radius 3 is 1.88 bits per heavy atom. The molecule has 322 valence electrons. The minimum atomic E-state index is -0.505. The van der Waals surface area contributed by atoms with E-state index in [1.165, 1.54) is 105 Å². The van der Waals surface area contributed by atoms with E-state index in [0.29, 0.717) is 0 Å². The first-order valence-corrected chi connectivity index (χ1v) is 23.8. The van der Waals surface area contributed by atoms with Crippen molar-refractivity contribution in [3.05, 3.63) is 288 Å². The molecule has 0 saturated heterocycles. The van der Waals surface area contributed by atoms with Crippen molar-refractivity contribution in [2.45, 2.75) is 24.2 Å². The fourth-order valence-electron chi connectivity index (χ4n) is 11.7. The lowest BCUT2D eigenvalue weighted by atomic mass is 9.67. The predicted molar refractivity (Wildman–Crippen MR) is 286 cm³/mol. The summed E-state index contributed by atoms with van der Waals surface area (Å²) in [7, 11) is 0. The summed E-state index contributed by atoms with van der Waals surface area (Å²) in [5.41, 5.74) is 18.9. The van der Waals surface area contributed by atoms with Crippen LogP contribution >= 0.6 is 0 Å². The van der Waals surface area contributed by atoms with Crippen molar-refractivity contribution >= 4 is 38.3 Å². The number of fused-ring (bicyclic) bond motifs is 8. The van der Waals surface area contributed by atoms with E-state index in [2.05, 4.69) is 272 Å². The molecular formula is C66H48N2. The Kier molecular flexibility index (Phi) is 9.30. The van der Waals surface area contributed by atoms with Gasteiger partial charge in [-0.15, -0.1) is 0 Å². The van der Waals surface area contributed by atoms with Crippen LogP contribution in [0.2, 0.25) is 0 Å². The first-order chi connectivity index (χ1) is 33.6. The van der Waals surface area contributed by atoms with E-state index >= 15 is 0 Å². The molecule has 1 aromatic heterocycles. The Morgan fingerprint density at radius 2 is 1.07 bits per heavy atom. The molecule has 11 aromatic rings. The van der Waals surface area contributed by atoms with Crippen LogP contribution in [0.15, 0.2) is 261 Å². The molecule has 1 atom stereocenters. The molecule has 0 bridgehead atoms. The third-order valence-corrected chi connectivity index (χ3v) is 15.0. The summed E-state index contributed by atoms with van der Waals surface area (Å²) in [4.78, 5) is 0. The molecule has 2 heteroatoms. The highest BCUT2D eigenvalue weighted by Crippen LogP contribution is 2.59. The molecule has 10 aromatic carbocycles. The number of hydrogen-bond donors (Lipinski definition) is 1. The zero-order valence-corrected chi connectivity index (χ0v) is 37.9. The topological polar surface area (TPSA) is 17.0 Å². The van der Waals surface area contributed by atoms with Crippen molar-refractivity contribution in [1.29, 1.82) is 0 Å². The lowest BCUT2D eigenvalue weighted by molar-refractivity contribution is 0.563. The summed E-state index contributed by atoms with van der Waals surface area (Å²) in [6.45, 7) is 2.38. The summed E-state index contributed by atoms with van der Waals surface area (Å²) in [5, 5.41) is 8.86. The number of rotatable bonds is 8. The lowest BCUT2D eigenvalue weighted by Crippen LogP contribution is -2.30. The second kappa shape index (κ2) is 15.9. The van der Waals surface area contributed by atoms with Crippen molar-refractivity contribution in [1.82, 2.24) is 4.57 Å². The Labute approximate surface area is 397 Å². The van der Waals surface area contributed by atoms with Crippen molar-refractivity contribution in [3.63, 3.8) is 0 Å². The van der Waals surface area contributed by atoms with Gasteiger partial charge in [0.2, 0.25) is 0 Å². The number of nitrogens with zero attached hydrogens (tertiary/aromatic N) is 1. The predicted octanol–water partition coefficient (Wildman–Crippen LogP) is 16.8. The molecule has 0 spiro atoms. The lowest BCUT2D eigenvalue weighted by Gasteiger charge is -2.35. The maximum Gasteiger partial charge on any atom is 0.0713 e. The molecule has 68 heavy (non-hydrogen) atoms. The summed E-state index contributed by atoms with van der Waals surface area (Å²) in [5.74, 6) is 0. The molecule has 2 nitrogen and oxygen atoms in total. The van der Waals surface area contributed by atoms with Gasteiger partial charge in [0.05, 0.1) is 22.1 Å². The van der Waals surface area contributed by atoms with E-state index in [9.17, 15) is 0 Å². The van der Waals surface area contributed by atoms with E-state index in [0.717, 1.165) is 12.1 Å². The van der Waals surface area contributed by atoms with Gasteiger partial charge in [-0.25, -0.2) is 0 Å². The highest BCUT2D eigenvalue weighted by molar-refractivity contribution is 6.19. The van der Waals surface area contributed by atoms with Gasteiger partial charge >= 0.3 is 0 Å². The van der Waals surface area contributed by atoms with Crippen LogP contribution in [0.3, 0.4) is 0 Å². The number of allylic oxidation sites excluding steroid dienone is 4. The first kappa shape index (κ1) is 39.9. The average Bonchev–Trinajstić information content (AvgIpc) is 3.90. The van der Waals surface area contributed by atoms with Crippen molar-refractivity contribution < 1.29 is 0 Å². The molecule has 0 radical (unpaired) electrons. The molecule has 2 aliphatic carbocycles. The van der Waals surface area contributed by atoms with Gasteiger partial charge in [-0.1, -0.05) is 212 Å². The number of nitrogens with one attached hydrogen (secondary N) is 1. The highest BCUT2D eigenvalue weighted by atomic mass is 15.0. The molecule has 2 aliphatic rings. The molecular weight excluding hydrogens is 821 g/mol. The van der Waals surface area contributed by atoms with E-state index in [4.69, 9.17) is 0 Å². The largest absolute Gasteiger partial charge is 0.358 e. The molecule has 1 unspecified atom stereocenters. The molecule has 1 heterocycles. The summed E-state index contributed by atoms with van der Waals surface area (Å²) < 4.78 is 2.52. The molecule has 0 amide bonds. The molecule has 0 fully saturated rings. The Bertz CT molecular complexity index is 3760. The summed E-state index contributed by atoms with van der Waals surface area (Å²) >= 11 is 0. The van der Waals surface area contributed by atoms with Crippen LogP contribution in [-0.2, 0) is 10.8 Å². The fraction of sp³-hybridized carbons (Fsp3) is 0.0606. The smallest absolute Gasteiger partial charge is 0.0713 e. The van der Waals surface area contributed by atoms with Gasteiger partial charge in [-0.05, 0) is 122 Å². The summed E-state index contributed by atoms with van der Waals surface area (Å²) in [6.07, 6.45) is 7.63. The van der Waals surface area contributed by atoms with Gasteiger partial charge in [-0.3, -0.25) is 0 Å². The monoisotopic (exact) mass is 868 g/mol. The van der Waals surface area contributed by atoms with E-state index in [1.807, 2.05) is 0 Å². The molecule has 0 aliphatic heterocycles. The molecule has 13 rings (SSSR count). The number of aromatic nitrogens is 1. The van der Waals surface area contributed by atoms with Crippen molar-refractivity contribution in [2.24, 2.45) is 0 Å². The number of benzene rings is 10. The quantitative estimate of drug-likeness (QED) is 0.161. The normalized spacial score (nSPS) is 15.9. The van der Waals surface area contributed by atoms with Gasteiger partial charge in [0.1, 0.15) is 0 Å². The standard InChI is InChI=1S/C66H48N2/c1-65(41-16-15-36-62(65)67-53-31-18-25-48(43-53)45-20-5-2-6-21-45)52-30-17-24-47(42-52)49-37-39-60-56(44-49)64-61(68(60)59-35-19-23-46-22-11-12-32-54(46)59)40-38-58-63(64)55-33-13-14-34-57(55)66(58,50-26-7-3-8-27-50)51-28-9-4-10-29-51/h2-40,42-44,67H,41H2,1H3. The van der Waals surface area contributed by atoms with Gasteiger partial charge < -0.3 is 9.88 Å². The maximum atomic E-state index is 3.88. The van der Waals surface area contributed by atoms with Gasteiger partial charge in [-0.2, -0.15) is 0 Å². The van der Waals surface area contributed by atoms with E-state index in [-0.39, 0.29) is 5.41 Å². The maximum absolute atomic E-state index is 3.88. The van der Waals surface area contributed by atoms with Crippen LogP contribution in [0.4, 0.5) is 5.69 Å². The van der Waals surface area contributed by atoms with Crippen LogP contribution < -0.4 is 5.32 Å². The average molecular weight is 869 g/mol. The zero-order chi connectivity index (χ0) is 45.2. The summed E-state index contributed by atoms with van der Waals surface area (Å²) in [6, 6.07) is 87.5. The molecule has 0 saturated carbocycles. The minimum Gasteiger partial charge on any atom is -0.358 e. The third kappa shape index (κ3) is 6.11. The Balaban J connectivity index is 1.02. The van der Waals surface area contributed by atoms with Crippen LogP contribution in [0.1, 0.15) is 41.2 Å². The highest BCUT2D eigenvalue weighted by Gasteiger charge is 2.47. The second-order valence-electron chi connectivity index (χ2n) is 18.7. The minimum absolute atomic E-state index is 0.273. The number of anilines is 1. The van der Waals surface area contributed by atoms with Crippen LogP contribution in [0, 0.1) is 0 Å². The fourth-order valence-corrected chi connectivity index (χ4v) is 11.7. The van der Waals surface area contributed by atoms with E-state index in [1.54, 1.807) is 0 Å². The third-order valence-electron chi connectivity index (χ3n) is 15.0. The van der Waals surface area contributed by atoms with Gasteiger partial charge in [0, 0.05) is 33.0 Å². The van der Waals surface area contributed by atoms with Crippen LogP contribution in [-0.4, -0.2) is 4.57 Å². The zero-order valence-electron chi connectivity index (χ0n) is 37.9. The van der Waals surface area contributed by atoms with Gasteiger partial charge in [0.25, 0.3) is 0 Å². The van der Waals surface area contributed by atoms with Crippen molar-refractivity contribution in [3.8, 4) is 39.1 Å². The molecule has 1 N–H and O–H groups in total. The number of hydrogen-bond acceptors (Lipinski definition) is 1. The van der Waals surface area contributed by atoms with Gasteiger partial charge in [0.15, 0.2) is 0 Å². The Morgan fingerprint density at radius 1 is 0.456 bits per heavy atom. The van der Waals surface area contributed by atoms with Crippen LogP contribution in [0.5, 0.6) is 0 Å².